The molecule has 10 heteroatoms. The second-order valence-corrected chi connectivity index (χ2v) is 7.59. The summed E-state index contributed by atoms with van der Waals surface area (Å²) < 4.78 is 7.34. The summed E-state index contributed by atoms with van der Waals surface area (Å²) in [4.78, 5) is 21.0. The van der Waals surface area contributed by atoms with E-state index in [1.807, 2.05) is 59.2 Å². The van der Waals surface area contributed by atoms with Crippen molar-refractivity contribution in [2.75, 3.05) is 6.61 Å². The number of hydrogen-bond acceptors (Lipinski definition) is 7. The minimum absolute atomic E-state index is 0.144. The zero-order chi connectivity index (χ0) is 21.6. The number of para-hydroxylation sites is 1. The number of halogens is 1. The minimum Gasteiger partial charge on any atom is -0.447 e. The molecule has 4 rings (SSSR count). The molecule has 4 aromatic rings. The predicted molar refractivity (Wildman–Crippen MR) is 117 cm³/mol. The van der Waals surface area contributed by atoms with Crippen molar-refractivity contribution in [2.24, 2.45) is 0 Å². The summed E-state index contributed by atoms with van der Waals surface area (Å²) in [5.41, 5.74) is 4.10. The molecule has 0 aliphatic heterocycles. The van der Waals surface area contributed by atoms with Crippen LogP contribution in [0, 0.1) is 0 Å². The van der Waals surface area contributed by atoms with Gasteiger partial charge in [-0.2, -0.15) is 0 Å². The number of amides is 1. The van der Waals surface area contributed by atoms with Gasteiger partial charge in [0.2, 0.25) is 5.89 Å². The molecule has 2 aromatic heterocycles. The molecular weight excluding hydrogens is 438 g/mol. The Bertz CT molecular complexity index is 1180. The van der Waals surface area contributed by atoms with Crippen LogP contribution in [0.5, 0.6) is 0 Å². The third kappa shape index (κ3) is 4.79. The lowest BCUT2D eigenvalue weighted by molar-refractivity contribution is 0.0360. The SMILES string of the molecule is CCONC(=O)c1coc(CSc2nnc(-c3ccccc3Cl)n2-c2ccccc2)n1. The average Bonchev–Trinajstić information content (AvgIpc) is 3.44. The van der Waals surface area contributed by atoms with Gasteiger partial charge in [-0.25, -0.2) is 10.5 Å². The Morgan fingerprint density at radius 3 is 2.71 bits per heavy atom. The molecular formula is C21H18ClN5O3S. The number of carbonyl (C=O) groups excluding carboxylic acids is 1. The van der Waals surface area contributed by atoms with Gasteiger partial charge in [0.1, 0.15) is 6.26 Å². The third-order valence-corrected chi connectivity index (χ3v) is 5.42. The van der Waals surface area contributed by atoms with Crippen LogP contribution in [0.3, 0.4) is 0 Å². The number of nitrogens with zero attached hydrogens (tertiary/aromatic N) is 4. The van der Waals surface area contributed by atoms with Gasteiger partial charge >= 0.3 is 0 Å². The van der Waals surface area contributed by atoms with Crippen molar-refractivity contribution < 1.29 is 14.0 Å². The van der Waals surface area contributed by atoms with Crippen molar-refractivity contribution in [1.29, 1.82) is 0 Å². The van der Waals surface area contributed by atoms with E-state index in [1.165, 1.54) is 18.0 Å². The number of benzene rings is 2. The smallest absolute Gasteiger partial charge is 0.296 e. The molecule has 31 heavy (non-hydrogen) atoms. The molecule has 0 spiro atoms. The number of aromatic nitrogens is 4. The molecule has 0 saturated heterocycles. The highest BCUT2D eigenvalue weighted by Crippen LogP contribution is 2.32. The summed E-state index contributed by atoms with van der Waals surface area (Å²) in [6.07, 6.45) is 1.29. The van der Waals surface area contributed by atoms with Crippen LogP contribution >= 0.6 is 23.4 Å². The fourth-order valence-electron chi connectivity index (χ4n) is 2.79. The van der Waals surface area contributed by atoms with Gasteiger partial charge in [-0.05, 0) is 31.2 Å². The maximum Gasteiger partial charge on any atom is 0.296 e. The Labute approximate surface area is 187 Å². The van der Waals surface area contributed by atoms with Crippen LogP contribution in [0.4, 0.5) is 0 Å². The molecule has 0 unspecified atom stereocenters. The van der Waals surface area contributed by atoms with Crippen molar-refractivity contribution in [3.63, 3.8) is 0 Å². The van der Waals surface area contributed by atoms with Gasteiger partial charge in [-0.15, -0.1) is 10.2 Å². The van der Waals surface area contributed by atoms with E-state index in [-0.39, 0.29) is 5.69 Å². The fourth-order valence-corrected chi connectivity index (χ4v) is 3.81. The molecule has 0 saturated carbocycles. The highest BCUT2D eigenvalue weighted by molar-refractivity contribution is 7.98. The van der Waals surface area contributed by atoms with Crippen LogP contribution in [-0.4, -0.2) is 32.3 Å². The van der Waals surface area contributed by atoms with Crippen molar-refractivity contribution in [3.8, 4) is 17.1 Å². The van der Waals surface area contributed by atoms with Gasteiger partial charge in [0.15, 0.2) is 16.7 Å². The summed E-state index contributed by atoms with van der Waals surface area (Å²) in [7, 11) is 0. The number of thioether (sulfide) groups is 1. The van der Waals surface area contributed by atoms with Crippen LogP contribution in [0.1, 0.15) is 23.3 Å². The topological polar surface area (TPSA) is 95.1 Å². The molecule has 0 aliphatic carbocycles. The van der Waals surface area contributed by atoms with Gasteiger partial charge in [0, 0.05) is 11.3 Å². The van der Waals surface area contributed by atoms with E-state index < -0.39 is 5.91 Å². The van der Waals surface area contributed by atoms with Crippen molar-refractivity contribution >= 4 is 29.3 Å². The second kappa shape index (κ2) is 9.78. The fraction of sp³-hybridized carbons (Fsp3) is 0.143. The number of rotatable bonds is 8. The number of hydrogen-bond donors (Lipinski definition) is 1. The highest BCUT2D eigenvalue weighted by Gasteiger charge is 2.19. The molecule has 158 valence electrons. The summed E-state index contributed by atoms with van der Waals surface area (Å²) in [6.45, 7) is 2.13. The quantitative estimate of drug-likeness (QED) is 0.307. The lowest BCUT2D eigenvalue weighted by atomic mass is 10.2. The molecule has 0 aliphatic rings. The van der Waals surface area contributed by atoms with E-state index in [4.69, 9.17) is 20.9 Å². The number of carbonyl (C=O) groups is 1. The first-order chi connectivity index (χ1) is 15.2. The zero-order valence-corrected chi connectivity index (χ0v) is 18.1. The van der Waals surface area contributed by atoms with E-state index in [9.17, 15) is 4.79 Å². The Balaban J connectivity index is 1.60. The molecule has 0 fully saturated rings. The molecule has 0 atom stereocenters. The molecule has 2 aromatic carbocycles. The van der Waals surface area contributed by atoms with E-state index >= 15 is 0 Å². The lowest BCUT2D eigenvalue weighted by Gasteiger charge is -2.10. The monoisotopic (exact) mass is 455 g/mol. The third-order valence-electron chi connectivity index (χ3n) is 4.18. The number of oxazole rings is 1. The van der Waals surface area contributed by atoms with E-state index in [0.717, 1.165) is 11.3 Å². The zero-order valence-electron chi connectivity index (χ0n) is 16.5. The summed E-state index contributed by atoms with van der Waals surface area (Å²) in [5, 5.41) is 9.96. The largest absolute Gasteiger partial charge is 0.447 e. The summed E-state index contributed by atoms with van der Waals surface area (Å²) in [5.74, 6) is 0.905. The maximum atomic E-state index is 11.9. The van der Waals surface area contributed by atoms with Crippen molar-refractivity contribution in [3.05, 3.63) is 77.5 Å². The minimum atomic E-state index is -0.463. The molecule has 0 radical (unpaired) electrons. The van der Waals surface area contributed by atoms with E-state index in [2.05, 4.69) is 20.7 Å². The molecule has 0 bridgehead atoms. The Kier molecular flexibility index (Phi) is 6.66. The Hall–Kier alpha value is -3.14. The lowest BCUT2D eigenvalue weighted by Crippen LogP contribution is -2.23. The second-order valence-electron chi connectivity index (χ2n) is 6.24. The van der Waals surface area contributed by atoms with Gasteiger partial charge in [0.25, 0.3) is 5.91 Å². The summed E-state index contributed by atoms with van der Waals surface area (Å²) >= 11 is 7.79. The first kappa shape index (κ1) is 21.1. The molecule has 8 nitrogen and oxygen atoms in total. The number of hydroxylamine groups is 1. The number of nitrogens with one attached hydrogen (secondary N) is 1. The van der Waals surface area contributed by atoms with E-state index in [0.29, 0.717) is 34.3 Å². The first-order valence-corrected chi connectivity index (χ1v) is 10.8. The van der Waals surface area contributed by atoms with Crippen molar-refractivity contribution in [1.82, 2.24) is 25.2 Å². The van der Waals surface area contributed by atoms with Crippen LogP contribution in [0.25, 0.3) is 17.1 Å². The van der Waals surface area contributed by atoms with Gasteiger partial charge in [0.05, 0.1) is 17.4 Å². The van der Waals surface area contributed by atoms with E-state index in [1.54, 1.807) is 6.92 Å². The van der Waals surface area contributed by atoms with Gasteiger partial charge in [-0.1, -0.05) is 53.7 Å². The van der Waals surface area contributed by atoms with Crippen LogP contribution in [0.15, 0.2) is 70.4 Å². The maximum absolute atomic E-state index is 11.9. The molecule has 2 heterocycles. The molecule has 1 amide bonds. The molecule has 1 N–H and O–H groups in total. The normalized spacial score (nSPS) is 10.9. The Morgan fingerprint density at radius 2 is 1.94 bits per heavy atom. The summed E-state index contributed by atoms with van der Waals surface area (Å²) in [6, 6.07) is 17.2. The average molecular weight is 456 g/mol. The van der Waals surface area contributed by atoms with Gasteiger partial charge in [-0.3, -0.25) is 14.2 Å². The van der Waals surface area contributed by atoms with Crippen LogP contribution < -0.4 is 5.48 Å². The predicted octanol–water partition coefficient (Wildman–Crippen LogP) is 4.55. The van der Waals surface area contributed by atoms with Gasteiger partial charge < -0.3 is 4.42 Å². The Morgan fingerprint density at radius 1 is 1.16 bits per heavy atom. The van der Waals surface area contributed by atoms with Crippen molar-refractivity contribution in [2.45, 2.75) is 17.8 Å². The van der Waals surface area contributed by atoms with Crippen LogP contribution in [-0.2, 0) is 10.6 Å². The highest BCUT2D eigenvalue weighted by atomic mass is 35.5. The first-order valence-electron chi connectivity index (χ1n) is 9.42. The standard InChI is InChI=1S/C21H18ClN5O3S/c1-2-30-26-20(28)17-12-29-18(23-17)13-31-21-25-24-19(15-10-6-7-11-16(15)22)27(21)14-8-4-3-5-9-14/h3-12H,2,13H2,1H3,(H,26,28). The van der Waals surface area contributed by atoms with Crippen LogP contribution in [0.2, 0.25) is 5.02 Å².